The Balaban J connectivity index is 1.87. The van der Waals surface area contributed by atoms with Crippen LogP contribution in [0.1, 0.15) is 56.2 Å². The van der Waals surface area contributed by atoms with Crippen molar-refractivity contribution >= 4 is 40.8 Å². The van der Waals surface area contributed by atoms with Crippen molar-refractivity contribution in [1.29, 1.82) is 0 Å². The zero-order valence-electron chi connectivity index (χ0n) is 22.8. The molecule has 0 saturated carbocycles. The van der Waals surface area contributed by atoms with Crippen LogP contribution in [-0.2, 0) is 9.59 Å². The van der Waals surface area contributed by atoms with Crippen LogP contribution in [0.25, 0.3) is 0 Å². The number of nitrogens with one attached hydrogen (secondary N) is 1. The number of halogens is 1. The van der Waals surface area contributed by atoms with Crippen molar-refractivity contribution in [2.24, 2.45) is 5.73 Å². The molecule has 0 bridgehead atoms. The molecule has 39 heavy (non-hydrogen) atoms. The van der Waals surface area contributed by atoms with Crippen LogP contribution in [0.5, 0.6) is 0 Å². The number of amides is 4. The van der Waals surface area contributed by atoms with Crippen molar-refractivity contribution in [1.82, 2.24) is 5.32 Å². The first-order chi connectivity index (χ1) is 18.5. The summed E-state index contributed by atoms with van der Waals surface area (Å²) >= 11 is 6.19. The zero-order valence-corrected chi connectivity index (χ0v) is 23.5. The Morgan fingerprint density at radius 2 is 1.77 bits per heavy atom. The smallest absolute Gasteiger partial charge is 0.320 e. The Bertz CT molecular complexity index is 1370. The summed E-state index contributed by atoms with van der Waals surface area (Å²) in [6.45, 7) is 7.59. The third-order valence-electron chi connectivity index (χ3n) is 7.38. The average molecular weight is 547 g/mol. The molecule has 0 spiro atoms. The highest BCUT2D eigenvalue weighted by atomic mass is 35.5. The third kappa shape index (κ3) is 6.25. The Hall–Kier alpha value is -3.84. The topological polar surface area (TPSA) is 95.7 Å². The fourth-order valence-corrected chi connectivity index (χ4v) is 5.18. The number of hydrogen-bond acceptors (Lipinski definition) is 3. The minimum Gasteiger partial charge on any atom is -0.351 e. The Morgan fingerprint density at radius 3 is 2.41 bits per heavy atom. The number of anilines is 2. The number of urea groups is 1. The van der Waals surface area contributed by atoms with Crippen molar-refractivity contribution in [3.05, 3.63) is 94.5 Å². The molecule has 3 aromatic carbocycles. The van der Waals surface area contributed by atoms with Crippen molar-refractivity contribution in [3.63, 3.8) is 0 Å². The number of benzene rings is 3. The predicted molar refractivity (Wildman–Crippen MR) is 156 cm³/mol. The molecule has 1 heterocycles. The van der Waals surface area contributed by atoms with Gasteiger partial charge < -0.3 is 16.0 Å². The molecular formula is C31H35ClN4O3. The lowest BCUT2D eigenvalue weighted by molar-refractivity contribution is -0.125. The van der Waals surface area contributed by atoms with Crippen LogP contribution in [0, 0.1) is 6.92 Å². The molecular weight excluding hydrogens is 512 g/mol. The first-order valence-corrected chi connectivity index (χ1v) is 13.5. The molecule has 2 atom stereocenters. The molecule has 0 saturated heterocycles. The van der Waals surface area contributed by atoms with Gasteiger partial charge in [-0.3, -0.25) is 14.5 Å². The van der Waals surface area contributed by atoms with Gasteiger partial charge >= 0.3 is 6.03 Å². The fourth-order valence-electron chi connectivity index (χ4n) is 5.05. The quantitative estimate of drug-likeness (QED) is 0.393. The van der Waals surface area contributed by atoms with E-state index in [0.29, 0.717) is 16.4 Å². The summed E-state index contributed by atoms with van der Waals surface area (Å²) in [4.78, 5) is 43.4. The lowest BCUT2D eigenvalue weighted by Gasteiger charge is -2.33. The van der Waals surface area contributed by atoms with E-state index in [1.807, 2.05) is 94.4 Å². The monoisotopic (exact) mass is 546 g/mol. The normalized spacial score (nSPS) is 17.3. The third-order valence-corrected chi connectivity index (χ3v) is 7.63. The van der Waals surface area contributed by atoms with E-state index in [2.05, 4.69) is 5.32 Å². The summed E-state index contributed by atoms with van der Waals surface area (Å²) in [5.74, 6) is -0.919. The van der Waals surface area contributed by atoms with Crippen molar-refractivity contribution in [2.45, 2.75) is 58.0 Å². The van der Waals surface area contributed by atoms with Gasteiger partial charge in [-0.25, -0.2) is 4.79 Å². The van der Waals surface area contributed by atoms with Gasteiger partial charge in [0.1, 0.15) is 12.6 Å². The van der Waals surface area contributed by atoms with E-state index >= 15 is 0 Å². The van der Waals surface area contributed by atoms with E-state index in [1.54, 1.807) is 6.07 Å². The van der Waals surface area contributed by atoms with Crippen LogP contribution < -0.4 is 20.9 Å². The van der Waals surface area contributed by atoms with Crippen molar-refractivity contribution < 1.29 is 14.4 Å². The first-order valence-electron chi connectivity index (χ1n) is 13.1. The van der Waals surface area contributed by atoms with Gasteiger partial charge in [-0.2, -0.15) is 0 Å². The van der Waals surface area contributed by atoms with Crippen molar-refractivity contribution in [3.8, 4) is 0 Å². The van der Waals surface area contributed by atoms with Gasteiger partial charge in [-0.05, 0) is 80.6 Å². The SMILES string of the molecule is CCC(C)(C)NC(=O)CN1C(=O)C(N(C(N)=O)c2cccc(C)c2)CC(c2ccc(Cl)cc2)c2ccccc21. The summed E-state index contributed by atoms with van der Waals surface area (Å²) < 4.78 is 0. The zero-order chi connectivity index (χ0) is 28.3. The van der Waals surface area contributed by atoms with Gasteiger partial charge in [0.2, 0.25) is 5.91 Å². The molecule has 1 aliphatic rings. The summed E-state index contributed by atoms with van der Waals surface area (Å²) in [6.07, 6.45) is 1.00. The first kappa shape index (κ1) is 28.2. The molecule has 2 unspecified atom stereocenters. The maximum atomic E-state index is 14.4. The van der Waals surface area contributed by atoms with Gasteiger partial charge in [-0.15, -0.1) is 0 Å². The number of aryl methyl sites for hydroxylation is 1. The van der Waals surface area contributed by atoms with Crippen LogP contribution >= 0.6 is 11.6 Å². The van der Waals surface area contributed by atoms with Crippen LogP contribution in [0.4, 0.5) is 16.2 Å². The minimum atomic E-state index is -0.954. The number of rotatable bonds is 7. The summed E-state index contributed by atoms with van der Waals surface area (Å²) in [6, 6.07) is 20.7. The van der Waals surface area contributed by atoms with Gasteiger partial charge in [0, 0.05) is 27.9 Å². The number of hydrogen-bond donors (Lipinski definition) is 2. The average Bonchev–Trinajstić information content (AvgIpc) is 3.00. The molecule has 4 rings (SSSR count). The van der Waals surface area contributed by atoms with E-state index in [1.165, 1.54) is 9.80 Å². The standard InChI is InChI=1S/C31H35ClN4O3/c1-5-31(3,4)34-28(37)19-35-26-12-7-6-11-24(26)25(21-13-15-22(32)16-14-21)18-27(29(35)38)36(30(33)39)23-10-8-9-20(2)17-23/h6-17,25,27H,5,18-19H2,1-4H3,(H2,33,39)(H,34,37). The molecule has 3 aromatic rings. The molecule has 3 N–H and O–H groups in total. The Morgan fingerprint density at radius 1 is 1.08 bits per heavy atom. The largest absolute Gasteiger partial charge is 0.351 e. The number of nitrogens with two attached hydrogens (primary N) is 1. The second-order valence-electron chi connectivity index (χ2n) is 10.7. The second kappa shape index (κ2) is 11.5. The van der Waals surface area contributed by atoms with Crippen LogP contribution in [0.2, 0.25) is 5.02 Å². The van der Waals surface area contributed by atoms with Crippen LogP contribution in [0.15, 0.2) is 72.8 Å². The van der Waals surface area contributed by atoms with E-state index < -0.39 is 17.6 Å². The van der Waals surface area contributed by atoms with Gasteiger partial charge in [0.15, 0.2) is 0 Å². The number of para-hydroxylation sites is 1. The van der Waals surface area contributed by atoms with Gasteiger partial charge in [-0.1, -0.05) is 61.0 Å². The summed E-state index contributed by atoms with van der Waals surface area (Å²) in [7, 11) is 0. The lowest BCUT2D eigenvalue weighted by Crippen LogP contribution is -2.55. The van der Waals surface area contributed by atoms with Gasteiger partial charge in [0.25, 0.3) is 5.91 Å². The van der Waals surface area contributed by atoms with E-state index in [-0.39, 0.29) is 30.7 Å². The van der Waals surface area contributed by atoms with E-state index in [9.17, 15) is 14.4 Å². The number of primary amides is 1. The molecule has 8 heteroatoms. The molecule has 1 aliphatic heterocycles. The fraction of sp³-hybridized carbons (Fsp3) is 0.323. The Kier molecular flexibility index (Phi) is 8.31. The van der Waals surface area contributed by atoms with E-state index in [4.69, 9.17) is 17.3 Å². The van der Waals surface area contributed by atoms with Crippen LogP contribution in [0.3, 0.4) is 0 Å². The number of carbonyl (C=O) groups is 3. The molecule has 0 radical (unpaired) electrons. The molecule has 4 amide bonds. The number of carbonyl (C=O) groups excluding carboxylic acids is 3. The molecule has 0 aliphatic carbocycles. The number of nitrogens with zero attached hydrogens (tertiary/aromatic N) is 2. The van der Waals surface area contributed by atoms with Gasteiger partial charge in [0.05, 0.1) is 0 Å². The van der Waals surface area contributed by atoms with Crippen LogP contribution in [-0.4, -0.2) is 36.0 Å². The van der Waals surface area contributed by atoms with E-state index in [0.717, 1.165) is 23.1 Å². The molecule has 0 aromatic heterocycles. The minimum absolute atomic E-state index is 0.191. The van der Waals surface area contributed by atoms with Crippen molar-refractivity contribution in [2.75, 3.05) is 16.3 Å². The highest BCUT2D eigenvalue weighted by Crippen LogP contribution is 2.41. The summed E-state index contributed by atoms with van der Waals surface area (Å²) in [5.41, 5.74) is 9.41. The maximum Gasteiger partial charge on any atom is 0.320 e. The maximum absolute atomic E-state index is 14.4. The Labute approximate surface area is 234 Å². The predicted octanol–water partition coefficient (Wildman–Crippen LogP) is 5.78. The lowest BCUT2D eigenvalue weighted by atomic mass is 9.85. The highest BCUT2D eigenvalue weighted by Gasteiger charge is 2.41. The highest BCUT2D eigenvalue weighted by molar-refractivity contribution is 6.30. The molecule has 204 valence electrons. The summed E-state index contributed by atoms with van der Waals surface area (Å²) in [5, 5.41) is 3.63. The number of fused-ring (bicyclic) bond motifs is 1. The second-order valence-corrected chi connectivity index (χ2v) is 11.1. The molecule has 0 fully saturated rings. The molecule has 7 nitrogen and oxygen atoms in total.